The summed E-state index contributed by atoms with van der Waals surface area (Å²) in [7, 11) is 0. The largest absolute Gasteiger partial charge is 0.356 e. The average Bonchev–Trinajstić information content (AvgIpc) is 3.16. The molecule has 11 heteroatoms. The molecule has 0 unspecified atom stereocenters. The highest BCUT2D eigenvalue weighted by Crippen LogP contribution is 2.57. The molecule has 4 aromatic rings. The van der Waals surface area contributed by atoms with Crippen molar-refractivity contribution in [3.05, 3.63) is 64.3 Å². The van der Waals surface area contributed by atoms with E-state index in [0.717, 1.165) is 18.7 Å². The summed E-state index contributed by atoms with van der Waals surface area (Å²) in [6.07, 6.45) is 4.51. The van der Waals surface area contributed by atoms with Crippen LogP contribution in [0.2, 0.25) is 0 Å². The van der Waals surface area contributed by atoms with Gasteiger partial charge < -0.3 is 9.42 Å². The minimum Gasteiger partial charge on any atom is -0.356 e. The first-order chi connectivity index (χ1) is 14.6. The maximum Gasteiger partial charge on any atom is 0.280 e. The zero-order valence-electron chi connectivity index (χ0n) is 16.0. The van der Waals surface area contributed by atoms with Crippen LogP contribution in [0, 0.1) is 24.6 Å². The molecular weight excluding hydrogens is 391 g/mol. The fraction of sp³-hybridized carbons (Fsp3) is 0.368. The summed E-state index contributed by atoms with van der Waals surface area (Å²) in [6, 6.07) is 2.80. The normalized spacial score (nSPS) is 22.6. The second-order valence-electron chi connectivity index (χ2n) is 7.87. The van der Waals surface area contributed by atoms with Crippen molar-refractivity contribution in [1.82, 2.24) is 34.5 Å². The first-order valence-electron chi connectivity index (χ1n) is 9.67. The van der Waals surface area contributed by atoms with Crippen LogP contribution in [0.25, 0.3) is 5.52 Å². The number of anilines is 1. The number of halogens is 1. The Morgan fingerprint density at radius 2 is 2.10 bits per heavy atom. The molecule has 0 N–H and O–H groups in total. The van der Waals surface area contributed by atoms with E-state index in [9.17, 15) is 9.18 Å². The molecule has 6 rings (SSSR count). The molecule has 0 aromatic carbocycles. The Hall–Kier alpha value is -3.63. The molecule has 0 spiro atoms. The van der Waals surface area contributed by atoms with E-state index in [-0.39, 0.29) is 23.8 Å². The lowest BCUT2D eigenvalue weighted by Crippen LogP contribution is -2.25. The Morgan fingerprint density at radius 3 is 2.90 bits per heavy atom. The molecule has 10 nitrogen and oxygen atoms in total. The Kier molecular flexibility index (Phi) is 3.55. The first-order valence-corrected chi connectivity index (χ1v) is 9.67. The number of hydrogen-bond acceptors (Lipinski definition) is 8. The molecule has 30 heavy (non-hydrogen) atoms. The molecule has 5 heterocycles. The monoisotopic (exact) mass is 408 g/mol. The molecule has 3 atom stereocenters. The SMILES string of the molecule is Cc1cnn2ncn(Cc3nc([C@H]4[C@@H]5CN(c6cc(F)ccn6)C[C@@H]54)no3)c(=O)c12. The molecular formula is C19H17FN8O2. The fourth-order valence-corrected chi connectivity index (χ4v) is 4.45. The Labute approximate surface area is 169 Å². The van der Waals surface area contributed by atoms with Crippen LogP contribution in [0.3, 0.4) is 0 Å². The van der Waals surface area contributed by atoms with Gasteiger partial charge in [-0.1, -0.05) is 5.16 Å². The smallest absolute Gasteiger partial charge is 0.280 e. The molecule has 1 aliphatic carbocycles. The lowest BCUT2D eigenvalue weighted by molar-refractivity contribution is 0.363. The number of hydrogen-bond donors (Lipinski definition) is 0. The summed E-state index contributed by atoms with van der Waals surface area (Å²) in [5, 5.41) is 12.3. The number of aryl methyl sites for hydroxylation is 1. The van der Waals surface area contributed by atoms with Gasteiger partial charge in [-0.15, -0.1) is 9.73 Å². The number of nitrogens with zero attached hydrogens (tertiary/aromatic N) is 8. The minimum atomic E-state index is -0.283. The van der Waals surface area contributed by atoms with Crippen molar-refractivity contribution in [2.24, 2.45) is 11.8 Å². The van der Waals surface area contributed by atoms with Gasteiger partial charge >= 0.3 is 0 Å². The zero-order chi connectivity index (χ0) is 20.4. The summed E-state index contributed by atoms with van der Waals surface area (Å²) in [5.41, 5.74) is 0.984. The topological polar surface area (TPSA) is 107 Å². The second-order valence-corrected chi connectivity index (χ2v) is 7.87. The van der Waals surface area contributed by atoms with E-state index in [1.54, 1.807) is 6.20 Å². The highest BCUT2D eigenvalue weighted by atomic mass is 19.1. The van der Waals surface area contributed by atoms with E-state index in [0.29, 0.717) is 34.9 Å². The van der Waals surface area contributed by atoms with Crippen molar-refractivity contribution in [3.8, 4) is 0 Å². The summed E-state index contributed by atoms with van der Waals surface area (Å²) in [5.74, 6) is 2.42. The maximum atomic E-state index is 13.4. The van der Waals surface area contributed by atoms with Crippen molar-refractivity contribution in [3.63, 3.8) is 0 Å². The van der Waals surface area contributed by atoms with Gasteiger partial charge in [0.05, 0.1) is 6.20 Å². The van der Waals surface area contributed by atoms with Crippen LogP contribution in [0.4, 0.5) is 10.2 Å². The molecule has 0 radical (unpaired) electrons. The third-order valence-corrected chi connectivity index (χ3v) is 6.01. The van der Waals surface area contributed by atoms with Crippen molar-refractivity contribution in [2.75, 3.05) is 18.0 Å². The van der Waals surface area contributed by atoms with E-state index >= 15 is 0 Å². The molecule has 1 aliphatic heterocycles. The third-order valence-electron chi connectivity index (χ3n) is 6.01. The van der Waals surface area contributed by atoms with Gasteiger partial charge in [-0.2, -0.15) is 10.1 Å². The van der Waals surface area contributed by atoms with Gasteiger partial charge in [0.15, 0.2) is 11.3 Å². The number of piperidine rings is 1. The van der Waals surface area contributed by atoms with E-state index in [4.69, 9.17) is 4.52 Å². The molecule has 0 amide bonds. The predicted molar refractivity (Wildman–Crippen MR) is 102 cm³/mol. The number of aromatic nitrogens is 7. The Bertz CT molecular complexity index is 1320. The summed E-state index contributed by atoms with van der Waals surface area (Å²) in [6.45, 7) is 3.54. The predicted octanol–water partition coefficient (Wildman–Crippen LogP) is 1.01. The highest BCUT2D eigenvalue weighted by Gasteiger charge is 2.58. The molecule has 152 valence electrons. The Morgan fingerprint density at radius 1 is 1.27 bits per heavy atom. The fourth-order valence-electron chi connectivity index (χ4n) is 4.45. The quantitative estimate of drug-likeness (QED) is 0.493. The number of pyridine rings is 1. The Balaban J connectivity index is 1.17. The van der Waals surface area contributed by atoms with Crippen LogP contribution < -0.4 is 10.5 Å². The van der Waals surface area contributed by atoms with Crippen LogP contribution in [0.15, 0.2) is 40.2 Å². The van der Waals surface area contributed by atoms with Gasteiger partial charge in [0, 0.05) is 36.8 Å². The molecule has 1 saturated heterocycles. The number of rotatable bonds is 4. The average molecular weight is 408 g/mol. The molecule has 1 saturated carbocycles. The van der Waals surface area contributed by atoms with Crippen molar-refractivity contribution in [2.45, 2.75) is 19.4 Å². The lowest BCUT2D eigenvalue weighted by Gasteiger charge is -2.20. The van der Waals surface area contributed by atoms with Crippen molar-refractivity contribution < 1.29 is 8.91 Å². The maximum absolute atomic E-state index is 13.4. The first kappa shape index (κ1) is 17.2. The summed E-state index contributed by atoms with van der Waals surface area (Å²) in [4.78, 5) is 23.5. The van der Waals surface area contributed by atoms with E-state index in [2.05, 4.69) is 30.2 Å². The van der Waals surface area contributed by atoms with Crippen LogP contribution in [-0.2, 0) is 6.54 Å². The van der Waals surface area contributed by atoms with Crippen molar-refractivity contribution in [1.29, 1.82) is 0 Å². The second kappa shape index (κ2) is 6.18. The summed E-state index contributed by atoms with van der Waals surface area (Å²) < 4.78 is 21.6. The van der Waals surface area contributed by atoms with E-state index in [1.807, 2.05) is 6.92 Å². The summed E-state index contributed by atoms with van der Waals surface area (Å²) >= 11 is 0. The van der Waals surface area contributed by atoms with Crippen LogP contribution >= 0.6 is 0 Å². The van der Waals surface area contributed by atoms with Gasteiger partial charge in [-0.05, 0) is 24.8 Å². The van der Waals surface area contributed by atoms with Gasteiger partial charge in [-0.3, -0.25) is 9.36 Å². The zero-order valence-corrected chi connectivity index (χ0v) is 16.0. The molecule has 0 bridgehead atoms. The van der Waals surface area contributed by atoms with Gasteiger partial charge in [-0.25, -0.2) is 9.37 Å². The van der Waals surface area contributed by atoms with E-state index in [1.165, 1.54) is 33.9 Å². The lowest BCUT2D eigenvalue weighted by atomic mass is 10.2. The molecule has 2 fully saturated rings. The van der Waals surface area contributed by atoms with Crippen LogP contribution in [0.5, 0.6) is 0 Å². The number of fused-ring (bicyclic) bond motifs is 2. The van der Waals surface area contributed by atoms with Crippen molar-refractivity contribution >= 4 is 11.3 Å². The molecule has 4 aromatic heterocycles. The van der Waals surface area contributed by atoms with Gasteiger partial charge in [0.25, 0.3) is 5.56 Å². The third kappa shape index (κ3) is 2.61. The van der Waals surface area contributed by atoms with Gasteiger partial charge in [0.2, 0.25) is 5.89 Å². The highest BCUT2D eigenvalue weighted by molar-refractivity contribution is 5.49. The molecule has 2 aliphatic rings. The minimum absolute atomic E-state index is 0.154. The van der Waals surface area contributed by atoms with Crippen LogP contribution in [-0.4, -0.2) is 47.6 Å². The van der Waals surface area contributed by atoms with E-state index < -0.39 is 0 Å². The van der Waals surface area contributed by atoms with Crippen LogP contribution in [0.1, 0.15) is 23.2 Å². The standard InChI is InChI=1S/C19H17FN8O2/c1-10-5-22-28-17(10)19(29)27(9-23-28)8-15-24-18(25-30-15)16-12-6-26(7-13(12)16)14-4-11(20)2-3-21-14/h2-5,9,12-13,16H,6-8H2,1H3/t12-,13+,16+. The van der Waals surface area contributed by atoms with Gasteiger partial charge in [0.1, 0.15) is 24.5 Å².